The van der Waals surface area contributed by atoms with E-state index in [1.807, 2.05) is 23.1 Å². The van der Waals surface area contributed by atoms with Gasteiger partial charge in [0.15, 0.2) is 0 Å². The molecule has 53 heavy (non-hydrogen) atoms. The van der Waals surface area contributed by atoms with Crippen LogP contribution in [0, 0.1) is 11.3 Å². The van der Waals surface area contributed by atoms with Crippen LogP contribution in [0.2, 0.25) is 0 Å². The SMILES string of the molecule is N#Cc1ccc(N2CCC(c3ccc(OCCCCN4CCN(c5ccc6c(n5)CN(C5CCC(=O)NC5=O)C6=O)CC4)cn3)CC2)cc1C(F)(F)F. The molecule has 1 N–H and O–H groups in total. The Kier molecular flexibility index (Phi) is 10.5. The molecule has 3 saturated heterocycles. The minimum atomic E-state index is -4.58. The van der Waals surface area contributed by atoms with Gasteiger partial charge in [-0.25, -0.2) is 4.98 Å². The number of pyridine rings is 2. The molecule has 15 heteroatoms. The Morgan fingerprint density at radius 3 is 2.42 bits per heavy atom. The monoisotopic (exact) mass is 730 g/mol. The van der Waals surface area contributed by atoms with E-state index in [4.69, 9.17) is 15.0 Å². The number of hydrogen-bond donors (Lipinski definition) is 1. The van der Waals surface area contributed by atoms with Crippen LogP contribution in [0.4, 0.5) is 24.7 Å². The van der Waals surface area contributed by atoms with Crippen molar-refractivity contribution in [2.24, 2.45) is 0 Å². The number of carbonyl (C=O) groups excluding carboxylic acids is 3. The number of benzene rings is 1. The number of nitrogens with zero attached hydrogens (tertiary/aromatic N) is 7. The second-order valence-corrected chi connectivity index (χ2v) is 14.0. The van der Waals surface area contributed by atoms with Crippen LogP contribution in [-0.4, -0.2) is 96.0 Å². The van der Waals surface area contributed by atoms with E-state index in [9.17, 15) is 27.6 Å². The van der Waals surface area contributed by atoms with Crippen LogP contribution >= 0.6 is 0 Å². The number of anilines is 2. The number of aromatic nitrogens is 2. The van der Waals surface area contributed by atoms with Crippen molar-refractivity contribution >= 4 is 29.2 Å². The van der Waals surface area contributed by atoms with E-state index in [2.05, 4.69) is 20.1 Å². The molecular formula is C38H41F3N8O4. The topological polar surface area (TPSA) is 135 Å². The summed E-state index contributed by atoms with van der Waals surface area (Å²) < 4.78 is 46.3. The predicted octanol–water partition coefficient (Wildman–Crippen LogP) is 4.49. The fraction of sp³-hybridized carbons (Fsp3) is 0.474. The number of nitrogens with one attached hydrogen (secondary N) is 1. The van der Waals surface area contributed by atoms with Crippen molar-refractivity contribution in [2.75, 3.05) is 62.2 Å². The third-order valence-corrected chi connectivity index (χ3v) is 10.7. The third kappa shape index (κ3) is 8.07. The maximum atomic E-state index is 13.4. The molecule has 7 rings (SSSR count). The standard InChI is InChI=1S/C38H41F3N8O4/c39-38(40,41)30-21-27(4-3-26(30)22-42)47-14-11-25(12-15-47)31-7-5-28(23-43-31)53-20-2-1-13-46-16-18-48(19-17-46)34-9-6-29-32(44-34)24-49(37(29)52)33-8-10-35(50)45-36(33)51/h3-7,9,21,23,25,33H,1-2,8,10-20,24H2,(H,45,50,51). The van der Waals surface area contributed by atoms with Gasteiger partial charge in [0.25, 0.3) is 5.91 Å². The van der Waals surface area contributed by atoms with Gasteiger partial charge < -0.3 is 19.4 Å². The van der Waals surface area contributed by atoms with Crippen molar-refractivity contribution in [3.05, 3.63) is 76.7 Å². The van der Waals surface area contributed by atoms with Crippen molar-refractivity contribution in [1.82, 2.24) is 25.1 Å². The van der Waals surface area contributed by atoms with Crippen LogP contribution in [-0.2, 0) is 22.3 Å². The Morgan fingerprint density at radius 2 is 1.72 bits per heavy atom. The van der Waals surface area contributed by atoms with Crippen LogP contribution in [0.5, 0.6) is 5.75 Å². The molecule has 1 atom stereocenters. The van der Waals surface area contributed by atoms with Gasteiger partial charge in [-0.2, -0.15) is 18.4 Å². The highest BCUT2D eigenvalue weighted by molar-refractivity contribution is 6.05. The number of rotatable bonds is 10. The van der Waals surface area contributed by atoms with E-state index in [-0.39, 0.29) is 36.3 Å². The quantitative estimate of drug-likeness (QED) is 0.235. The van der Waals surface area contributed by atoms with Crippen molar-refractivity contribution in [2.45, 2.75) is 63.2 Å². The van der Waals surface area contributed by atoms with Gasteiger partial charge >= 0.3 is 6.18 Å². The lowest BCUT2D eigenvalue weighted by atomic mass is 9.92. The summed E-state index contributed by atoms with van der Waals surface area (Å²) in [5, 5.41) is 11.4. The maximum Gasteiger partial charge on any atom is 0.417 e. The van der Waals surface area contributed by atoms with Crippen molar-refractivity contribution in [1.29, 1.82) is 5.26 Å². The molecular weight excluding hydrogens is 689 g/mol. The van der Waals surface area contributed by atoms with E-state index < -0.39 is 23.7 Å². The maximum absolute atomic E-state index is 13.4. The van der Waals surface area contributed by atoms with Gasteiger partial charge in [0.2, 0.25) is 11.8 Å². The Labute approximate surface area is 305 Å². The zero-order chi connectivity index (χ0) is 37.1. The molecule has 1 aromatic carbocycles. The highest BCUT2D eigenvalue weighted by Gasteiger charge is 2.40. The summed E-state index contributed by atoms with van der Waals surface area (Å²) >= 11 is 0. The van der Waals surface area contributed by atoms with Crippen LogP contribution in [0.15, 0.2) is 48.7 Å². The fourth-order valence-electron chi connectivity index (χ4n) is 7.64. The molecule has 0 spiro atoms. The van der Waals surface area contributed by atoms with E-state index in [0.29, 0.717) is 48.8 Å². The summed E-state index contributed by atoms with van der Waals surface area (Å²) in [6.07, 6.45) is 1.12. The van der Waals surface area contributed by atoms with Gasteiger partial charge in [-0.15, -0.1) is 0 Å². The fourth-order valence-corrected chi connectivity index (χ4v) is 7.64. The van der Waals surface area contributed by atoms with Gasteiger partial charge in [0.05, 0.1) is 47.8 Å². The molecule has 12 nitrogen and oxygen atoms in total. The van der Waals surface area contributed by atoms with Gasteiger partial charge in [0, 0.05) is 63.0 Å². The first-order valence-corrected chi connectivity index (χ1v) is 18.1. The number of imide groups is 1. The van der Waals surface area contributed by atoms with Crippen molar-refractivity contribution < 1.29 is 32.3 Å². The van der Waals surface area contributed by atoms with Gasteiger partial charge in [-0.05, 0) is 81.1 Å². The summed E-state index contributed by atoms with van der Waals surface area (Å²) in [6, 6.07) is 12.5. The number of piperazine rings is 1. The molecule has 4 aliphatic heterocycles. The lowest BCUT2D eigenvalue weighted by Crippen LogP contribution is -2.52. The molecule has 0 saturated carbocycles. The van der Waals surface area contributed by atoms with Crippen LogP contribution in [0.3, 0.4) is 0 Å². The first-order valence-electron chi connectivity index (χ1n) is 18.1. The lowest BCUT2D eigenvalue weighted by Gasteiger charge is -2.35. The lowest BCUT2D eigenvalue weighted by molar-refractivity contribution is -0.138. The number of hydrogen-bond acceptors (Lipinski definition) is 10. The molecule has 6 heterocycles. The van der Waals surface area contributed by atoms with E-state index in [0.717, 1.165) is 76.0 Å². The normalized spacial score (nSPS) is 20.0. The Hall–Kier alpha value is -5.23. The van der Waals surface area contributed by atoms with Crippen LogP contribution in [0.25, 0.3) is 0 Å². The largest absolute Gasteiger partial charge is 0.492 e. The Balaban J connectivity index is 0.800. The molecule has 1 unspecified atom stereocenters. The molecule has 2 aromatic heterocycles. The number of halogens is 3. The summed E-state index contributed by atoms with van der Waals surface area (Å²) in [4.78, 5) is 54.4. The predicted molar refractivity (Wildman–Crippen MR) is 188 cm³/mol. The molecule has 3 amide bonds. The van der Waals surface area contributed by atoms with E-state index in [1.165, 1.54) is 11.0 Å². The number of amides is 3. The summed E-state index contributed by atoms with van der Waals surface area (Å²) in [7, 11) is 0. The van der Waals surface area contributed by atoms with Gasteiger partial charge in [-0.1, -0.05) is 0 Å². The number of ether oxygens (including phenoxy) is 1. The molecule has 3 aromatic rings. The number of unbranched alkanes of at least 4 members (excludes halogenated alkanes) is 1. The van der Waals surface area contributed by atoms with Crippen LogP contribution < -0.4 is 19.9 Å². The number of alkyl halides is 3. The zero-order valence-electron chi connectivity index (χ0n) is 29.3. The Bertz CT molecular complexity index is 1880. The molecule has 4 aliphatic rings. The first kappa shape index (κ1) is 36.1. The zero-order valence-corrected chi connectivity index (χ0v) is 29.3. The number of nitriles is 1. The second kappa shape index (κ2) is 15.4. The summed E-state index contributed by atoms with van der Waals surface area (Å²) in [6.45, 7) is 6.43. The number of piperidine rings is 2. The van der Waals surface area contributed by atoms with E-state index in [1.54, 1.807) is 24.4 Å². The molecule has 3 fully saturated rings. The second-order valence-electron chi connectivity index (χ2n) is 14.0. The average molecular weight is 731 g/mol. The third-order valence-electron chi connectivity index (χ3n) is 10.7. The van der Waals surface area contributed by atoms with Gasteiger partial charge in [0.1, 0.15) is 17.6 Å². The van der Waals surface area contributed by atoms with Crippen molar-refractivity contribution in [3.63, 3.8) is 0 Å². The minimum absolute atomic E-state index is 0.208. The minimum Gasteiger partial charge on any atom is -0.492 e. The Morgan fingerprint density at radius 1 is 0.925 bits per heavy atom. The van der Waals surface area contributed by atoms with Gasteiger partial charge in [-0.3, -0.25) is 29.6 Å². The summed E-state index contributed by atoms with van der Waals surface area (Å²) in [5.74, 6) is 0.786. The highest BCUT2D eigenvalue weighted by atomic mass is 19.4. The average Bonchev–Trinajstić information content (AvgIpc) is 3.49. The first-order chi connectivity index (χ1) is 25.6. The number of carbonyl (C=O) groups is 3. The summed E-state index contributed by atoms with van der Waals surface area (Å²) in [5.41, 5.74) is 1.34. The van der Waals surface area contributed by atoms with E-state index >= 15 is 0 Å². The van der Waals surface area contributed by atoms with Crippen molar-refractivity contribution in [3.8, 4) is 11.8 Å². The van der Waals surface area contributed by atoms with Crippen LogP contribution in [0.1, 0.15) is 77.3 Å². The highest BCUT2D eigenvalue weighted by Crippen LogP contribution is 2.36. The molecule has 0 bridgehead atoms. The smallest absolute Gasteiger partial charge is 0.417 e. The number of fused-ring (bicyclic) bond motifs is 1. The molecule has 0 radical (unpaired) electrons. The molecule has 0 aliphatic carbocycles. The molecule has 278 valence electrons.